The summed E-state index contributed by atoms with van der Waals surface area (Å²) in [5, 5.41) is 0. The smallest absolute Gasteiger partial charge is 0.225 e. The lowest BCUT2D eigenvalue weighted by molar-refractivity contribution is -0.131. The number of carbonyl (C=O) groups excluding carboxylic acids is 1. The summed E-state index contributed by atoms with van der Waals surface area (Å²) in [6.45, 7) is 2.97. The predicted octanol–water partition coefficient (Wildman–Crippen LogP) is 3.83. The van der Waals surface area contributed by atoms with Crippen molar-refractivity contribution in [3.05, 3.63) is 48.5 Å². The van der Waals surface area contributed by atoms with Gasteiger partial charge in [-0.2, -0.15) is 0 Å². The molecule has 4 rings (SSSR count). The van der Waals surface area contributed by atoms with Crippen LogP contribution in [-0.4, -0.2) is 40.4 Å². The molecule has 0 bridgehead atoms. The van der Waals surface area contributed by atoms with E-state index < -0.39 is 5.41 Å². The molecule has 0 unspecified atom stereocenters. The van der Waals surface area contributed by atoms with Gasteiger partial charge in [-0.15, -0.1) is 0 Å². The van der Waals surface area contributed by atoms with E-state index in [0.717, 1.165) is 55.1 Å². The zero-order valence-electron chi connectivity index (χ0n) is 17.2. The lowest BCUT2D eigenvalue weighted by Gasteiger charge is -2.42. The Hall–Kier alpha value is -2.27. The zero-order chi connectivity index (χ0) is 20.1. The molecule has 1 amide bonds. The Morgan fingerprint density at radius 1 is 1.10 bits per heavy atom. The maximum absolute atomic E-state index is 12.7. The molecule has 154 valence electrons. The normalized spacial score (nSPS) is 23.7. The second kappa shape index (κ2) is 9.04. The molecule has 2 aromatic rings. The fourth-order valence-electron chi connectivity index (χ4n) is 5.31. The van der Waals surface area contributed by atoms with E-state index >= 15 is 0 Å². The Morgan fingerprint density at radius 3 is 2.62 bits per heavy atom. The summed E-state index contributed by atoms with van der Waals surface area (Å²) in [6, 6.07) is 8.28. The van der Waals surface area contributed by atoms with Gasteiger partial charge in [0.05, 0.1) is 5.41 Å². The Morgan fingerprint density at radius 2 is 1.86 bits per heavy atom. The van der Waals surface area contributed by atoms with E-state index in [2.05, 4.69) is 27.0 Å². The topological polar surface area (TPSA) is 72.1 Å². The van der Waals surface area contributed by atoms with Crippen molar-refractivity contribution in [2.75, 3.05) is 19.6 Å². The molecule has 1 aromatic heterocycles. The first-order valence-electron chi connectivity index (χ1n) is 11.0. The first kappa shape index (κ1) is 20.0. The Kier molecular flexibility index (Phi) is 6.24. The molecule has 1 aromatic carbocycles. The van der Waals surface area contributed by atoms with Gasteiger partial charge in [0, 0.05) is 31.0 Å². The van der Waals surface area contributed by atoms with Crippen LogP contribution in [0.3, 0.4) is 0 Å². The van der Waals surface area contributed by atoms with Crippen molar-refractivity contribution >= 4 is 5.91 Å². The van der Waals surface area contributed by atoms with Gasteiger partial charge in [0.1, 0.15) is 6.33 Å². The largest absolute Gasteiger partial charge is 0.369 e. The molecule has 2 fully saturated rings. The van der Waals surface area contributed by atoms with Gasteiger partial charge >= 0.3 is 0 Å². The van der Waals surface area contributed by atoms with Gasteiger partial charge in [-0.05, 0) is 55.7 Å². The fraction of sp³-hybridized carbons (Fsp3) is 0.542. The Labute approximate surface area is 173 Å². The third kappa shape index (κ3) is 4.67. The predicted molar refractivity (Wildman–Crippen MR) is 115 cm³/mol. The standard InChI is InChI=1S/C24H32N4O/c25-23(29)24(11-6-12-28(17-24)16-19-7-2-1-3-8-19)13-20-9-4-5-10-22(20)21-14-26-18-27-15-21/h4-5,9-10,14-15,18-19H,1-3,6-8,11-13,16-17H2,(H2,25,29)/t24-/m1/s1. The van der Waals surface area contributed by atoms with Gasteiger partial charge in [-0.25, -0.2) is 9.97 Å². The minimum Gasteiger partial charge on any atom is -0.369 e. The maximum Gasteiger partial charge on any atom is 0.225 e. The number of nitrogens with two attached hydrogens (primary N) is 1. The number of primary amides is 1. The monoisotopic (exact) mass is 392 g/mol. The third-order valence-corrected chi connectivity index (χ3v) is 6.84. The van der Waals surface area contributed by atoms with E-state index in [1.807, 2.05) is 24.5 Å². The van der Waals surface area contributed by atoms with Crippen molar-refractivity contribution < 1.29 is 4.79 Å². The highest BCUT2D eigenvalue weighted by Gasteiger charge is 2.41. The zero-order valence-corrected chi connectivity index (χ0v) is 17.2. The molecule has 0 spiro atoms. The summed E-state index contributed by atoms with van der Waals surface area (Å²) in [7, 11) is 0. The van der Waals surface area contributed by atoms with Crippen LogP contribution in [-0.2, 0) is 11.2 Å². The number of benzene rings is 1. The highest BCUT2D eigenvalue weighted by molar-refractivity contribution is 5.82. The first-order chi connectivity index (χ1) is 14.2. The summed E-state index contributed by atoms with van der Waals surface area (Å²) in [6.07, 6.45) is 14.5. The number of amides is 1. The number of hydrogen-bond donors (Lipinski definition) is 1. The van der Waals surface area contributed by atoms with Gasteiger partial charge in [0.15, 0.2) is 0 Å². The summed E-state index contributed by atoms with van der Waals surface area (Å²) >= 11 is 0. The molecule has 1 saturated heterocycles. The Bertz CT molecular complexity index is 819. The SMILES string of the molecule is NC(=O)[C@@]1(Cc2ccccc2-c2cncnc2)CCCN(CC2CCCCC2)C1. The summed E-state index contributed by atoms with van der Waals surface area (Å²) in [5.41, 5.74) is 8.78. The van der Waals surface area contributed by atoms with Crippen molar-refractivity contribution in [3.8, 4) is 11.1 Å². The van der Waals surface area contributed by atoms with Crippen LogP contribution in [0.2, 0.25) is 0 Å². The van der Waals surface area contributed by atoms with Crippen LogP contribution in [0.25, 0.3) is 11.1 Å². The van der Waals surface area contributed by atoms with E-state index in [-0.39, 0.29) is 5.91 Å². The third-order valence-electron chi connectivity index (χ3n) is 6.84. The number of aromatic nitrogens is 2. The quantitative estimate of drug-likeness (QED) is 0.811. The first-order valence-corrected chi connectivity index (χ1v) is 11.0. The molecular formula is C24H32N4O. The van der Waals surface area contributed by atoms with Crippen molar-refractivity contribution in [3.63, 3.8) is 0 Å². The number of carbonyl (C=O) groups is 1. The van der Waals surface area contributed by atoms with Crippen molar-refractivity contribution in [1.29, 1.82) is 0 Å². The lowest BCUT2D eigenvalue weighted by Crippen LogP contribution is -2.52. The summed E-state index contributed by atoms with van der Waals surface area (Å²) < 4.78 is 0. The second-order valence-electron chi connectivity index (χ2n) is 8.95. The molecule has 29 heavy (non-hydrogen) atoms. The van der Waals surface area contributed by atoms with Crippen molar-refractivity contribution in [2.24, 2.45) is 17.1 Å². The van der Waals surface area contributed by atoms with Gasteiger partial charge in [0.25, 0.3) is 0 Å². The molecule has 2 heterocycles. The molecule has 1 saturated carbocycles. The van der Waals surface area contributed by atoms with E-state index in [9.17, 15) is 4.79 Å². The van der Waals surface area contributed by atoms with Gasteiger partial charge in [-0.1, -0.05) is 43.5 Å². The number of likely N-dealkylation sites (tertiary alicyclic amines) is 1. The molecule has 1 atom stereocenters. The summed E-state index contributed by atoms with van der Waals surface area (Å²) in [4.78, 5) is 23.6. The van der Waals surface area contributed by atoms with Crippen LogP contribution in [0.4, 0.5) is 0 Å². The van der Waals surface area contributed by atoms with Crippen LogP contribution in [0.15, 0.2) is 43.0 Å². The van der Waals surface area contributed by atoms with Crippen LogP contribution in [0.1, 0.15) is 50.5 Å². The number of piperidine rings is 1. The number of hydrogen-bond acceptors (Lipinski definition) is 4. The average molecular weight is 393 g/mol. The van der Waals surface area contributed by atoms with Crippen LogP contribution in [0.5, 0.6) is 0 Å². The highest BCUT2D eigenvalue weighted by Crippen LogP contribution is 2.37. The van der Waals surface area contributed by atoms with E-state index in [1.54, 1.807) is 6.33 Å². The van der Waals surface area contributed by atoms with Crippen molar-refractivity contribution in [1.82, 2.24) is 14.9 Å². The minimum absolute atomic E-state index is 0.162. The number of nitrogens with zero attached hydrogens (tertiary/aromatic N) is 3. The molecule has 5 heteroatoms. The fourth-order valence-corrected chi connectivity index (χ4v) is 5.31. The molecule has 2 N–H and O–H groups in total. The minimum atomic E-state index is -0.501. The van der Waals surface area contributed by atoms with Crippen LogP contribution < -0.4 is 5.73 Å². The molecular weight excluding hydrogens is 360 g/mol. The highest BCUT2D eigenvalue weighted by atomic mass is 16.1. The van der Waals surface area contributed by atoms with Crippen LogP contribution >= 0.6 is 0 Å². The summed E-state index contributed by atoms with van der Waals surface area (Å²) in [5.74, 6) is 0.617. The van der Waals surface area contributed by atoms with E-state index in [0.29, 0.717) is 6.42 Å². The lowest BCUT2D eigenvalue weighted by atomic mass is 9.73. The second-order valence-corrected chi connectivity index (χ2v) is 8.95. The van der Waals surface area contributed by atoms with Gasteiger partial charge in [0.2, 0.25) is 5.91 Å². The van der Waals surface area contributed by atoms with Crippen LogP contribution in [0, 0.1) is 11.3 Å². The average Bonchev–Trinajstić information content (AvgIpc) is 2.76. The number of rotatable bonds is 6. The van der Waals surface area contributed by atoms with E-state index in [4.69, 9.17) is 5.73 Å². The Balaban J connectivity index is 1.56. The molecule has 5 nitrogen and oxygen atoms in total. The van der Waals surface area contributed by atoms with Crippen molar-refractivity contribution in [2.45, 2.75) is 51.4 Å². The molecule has 0 radical (unpaired) electrons. The van der Waals surface area contributed by atoms with Gasteiger partial charge < -0.3 is 10.6 Å². The molecule has 2 aliphatic rings. The molecule has 1 aliphatic heterocycles. The molecule has 1 aliphatic carbocycles. The maximum atomic E-state index is 12.7. The van der Waals surface area contributed by atoms with Gasteiger partial charge in [-0.3, -0.25) is 4.79 Å². The van der Waals surface area contributed by atoms with E-state index in [1.165, 1.54) is 32.1 Å².